The van der Waals surface area contributed by atoms with Gasteiger partial charge in [-0.05, 0) is 47.6 Å². The zero-order valence-electron chi connectivity index (χ0n) is 8.39. The fraction of sp³-hybridized carbons (Fsp3) is 0.273. The summed E-state index contributed by atoms with van der Waals surface area (Å²) in [5, 5.41) is 11.7. The first-order chi connectivity index (χ1) is 7.68. The zero-order chi connectivity index (χ0) is 11.3. The van der Waals surface area contributed by atoms with Crippen LogP contribution in [0.15, 0.2) is 24.3 Å². The van der Waals surface area contributed by atoms with Crippen molar-refractivity contribution in [3.63, 3.8) is 0 Å². The summed E-state index contributed by atoms with van der Waals surface area (Å²) in [7, 11) is 0. The number of rotatable bonds is 2. The van der Waals surface area contributed by atoms with Crippen LogP contribution < -0.4 is 0 Å². The fourth-order valence-corrected chi connectivity index (χ4v) is 3.03. The number of hydrogen-bond donors (Lipinski definition) is 0. The van der Waals surface area contributed by atoms with Crippen LogP contribution in [0.3, 0.4) is 0 Å². The maximum absolute atomic E-state index is 10.9. The quantitative estimate of drug-likeness (QED) is 0.481. The van der Waals surface area contributed by atoms with Gasteiger partial charge in [0.2, 0.25) is 0 Å². The third kappa shape index (κ3) is 1.41. The van der Waals surface area contributed by atoms with Gasteiger partial charge in [-0.15, -0.1) is 0 Å². The van der Waals surface area contributed by atoms with Gasteiger partial charge in [-0.3, -0.25) is 10.1 Å². The van der Waals surface area contributed by atoms with Crippen molar-refractivity contribution in [2.45, 2.75) is 18.9 Å². The van der Waals surface area contributed by atoms with Gasteiger partial charge in [0.15, 0.2) is 0 Å². The number of non-ortho nitro benzene ring substituents is 1. The number of fused-ring (bicyclic) bond motifs is 1. The van der Waals surface area contributed by atoms with E-state index < -0.39 is 0 Å². The molecule has 4 nitrogen and oxygen atoms in total. The van der Waals surface area contributed by atoms with Crippen LogP contribution >= 0.6 is 22.6 Å². The second kappa shape index (κ2) is 3.44. The Bertz CT molecular complexity index is 587. The maximum Gasteiger partial charge on any atom is 0.278 e. The van der Waals surface area contributed by atoms with Gasteiger partial charge in [0.25, 0.3) is 5.69 Å². The molecular weight excluding hydrogens is 319 g/mol. The molecule has 0 spiro atoms. The Labute approximate surface area is 106 Å². The summed E-state index contributed by atoms with van der Waals surface area (Å²) < 4.78 is 3.30. The summed E-state index contributed by atoms with van der Waals surface area (Å²) in [5.74, 6) is 0. The topological polar surface area (TPSA) is 48.1 Å². The second-order valence-electron chi connectivity index (χ2n) is 4.04. The Morgan fingerprint density at radius 1 is 1.44 bits per heavy atom. The molecule has 3 rings (SSSR count). The minimum absolute atomic E-state index is 0.204. The van der Waals surface area contributed by atoms with E-state index in [4.69, 9.17) is 0 Å². The van der Waals surface area contributed by atoms with Gasteiger partial charge in [0, 0.05) is 12.1 Å². The van der Waals surface area contributed by atoms with Gasteiger partial charge < -0.3 is 4.57 Å². The standard InChI is InChI=1S/C11H9IN2O2/c12-11-6-8-9(13(11)7-4-5-7)2-1-3-10(8)14(15)16/h1-3,6-7H,4-5H2. The van der Waals surface area contributed by atoms with E-state index in [9.17, 15) is 10.1 Å². The van der Waals surface area contributed by atoms with Gasteiger partial charge in [-0.1, -0.05) is 6.07 Å². The zero-order valence-corrected chi connectivity index (χ0v) is 10.5. The van der Waals surface area contributed by atoms with Crippen molar-refractivity contribution in [3.8, 4) is 0 Å². The van der Waals surface area contributed by atoms with E-state index >= 15 is 0 Å². The smallest absolute Gasteiger partial charge is 0.278 e. The SMILES string of the molecule is O=[N+]([O-])c1cccc2c1cc(I)n2C1CC1. The summed E-state index contributed by atoms with van der Waals surface area (Å²) in [5.41, 5.74) is 1.19. The monoisotopic (exact) mass is 328 g/mol. The molecule has 1 aromatic heterocycles. The van der Waals surface area contributed by atoms with Crippen molar-refractivity contribution < 1.29 is 4.92 Å². The van der Waals surface area contributed by atoms with E-state index in [-0.39, 0.29) is 10.6 Å². The number of nitro groups is 1. The molecular formula is C11H9IN2O2. The van der Waals surface area contributed by atoms with E-state index in [0.29, 0.717) is 6.04 Å². The van der Waals surface area contributed by atoms with Crippen LogP contribution in [0.25, 0.3) is 10.9 Å². The third-order valence-electron chi connectivity index (χ3n) is 2.92. The Morgan fingerprint density at radius 2 is 2.19 bits per heavy atom. The van der Waals surface area contributed by atoms with Crippen molar-refractivity contribution in [2.75, 3.05) is 0 Å². The molecule has 0 bridgehead atoms. The van der Waals surface area contributed by atoms with Crippen LogP contribution in [0.2, 0.25) is 0 Å². The summed E-state index contributed by atoms with van der Waals surface area (Å²) in [6, 6.07) is 7.74. The molecule has 1 fully saturated rings. The largest absolute Gasteiger partial charge is 0.333 e. The Morgan fingerprint density at radius 3 is 2.81 bits per heavy atom. The Kier molecular flexibility index (Phi) is 2.17. The minimum atomic E-state index is -0.310. The third-order valence-corrected chi connectivity index (χ3v) is 3.75. The molecule has 0 N–H and O–H groups in total. The summed E-state index contributed by atoms with van der Waals surface area (Å²) >= 11 is 2.25. The molecule has 0 radical (unpaired) electrons. The maximum atomic E-state index is 10.9. The van der Waals surface area contributed by atoms with Crippen LogP contribution in [0.1, 0.15) is 18.9 Å². The fourth-order valence-electron chi connectivity index (χ4n) is 2.07. The van der Waals surface area contributed by atoms with E-state index in [1.54, 1.807) is 12.1 Å². The van der Waals surface area contributed by atoms with E-state index in [2.05, 4.69) is 27.2 Å². The molecule has 0 amide bonds. The van der Waals surface area contributed by atoms with Crippen LogP contribution in [0.4, 0.5) is 5.69 Å². The number of nitrogens with zero attached hydrogens (tertiary/aromatic N) is 2. The molecule has 5 heteroatoms. The number of benzene rings is 1. The Hall–Kier alpha value is -1.11. The van der Waals surface area contributed by atoms with Crippen LogP contribution in [0.5, 0.6) is 0 Å². The molecule has 1 aliphatic carbocycles. The van der Waals surface area contributed by atoms with E-state index in [0.717, 1.165) is 14.6 Å². The summed E-state index contributed by atoms with van der Waals surface area (Å²) in [4.78, 5) is 10.6. The minimum Gasteiger partial charge on any atom is -0.333 e. The lowest BCUT2D eigenvalue weighted by Gasteiger charge is -2.03. The van der Waals surface area contributed by atoms with Crippen LogP contribution in [-0.4, -0.2) is 9.49 Å². The van der Waals surface area contributed by atoms with Gasteiger partial charge in [0.1, 0.15) is 0 Å². The van der Waals surface area contributed by atoms with Crippen molar-refractivity contribution >= 4 is 39.2 Å². The van der Waals surface area contributed by atoms with Crippen molar-refractivity contribution in [2.24, 2.45) is 0 Å². The molecule has 0 unspecified atom stereocenters. The second-order valence-corrected chi connectivity index (χ2v) is 5.14. The lowest BCUT2D eigenvalue weighted by Crippen LogP contribution is -1.95. The van der Waals surface area contributed by atoms with Crippen LogP contribution in [-0.2, 0) is 0 Å². The van der Waals surface area contributed by atoms with Crippen molar-refractivity contribution in [1.82, 2.24) is 4.57 Å². The predicted molar refractivity (Wildman–Crippen MR) is 69.6 cm³/mol. The molecule has 0 atom stereocenters. The molecule has 2 aromatic rings. The number of hydrogen-bond acceptors (Lipinski definition) is 2. The van der Waals surface area contributed by atoms with Crippen molar-refractivity contribution in [3.05, 3.63) is 38.1 Å². The predicted octanol–water partition coefficient (Wildman–Crippen LogP) is 3.49. The van der Waals surface area contributed by atoms with E-state index in [1.165, 1.54) is 12.8 Å². The summed E-state index contributed by atoms with van der Waals surface area (Å²) in [6.45, 7) is 0. The first-order valence-electron chi connectivity index (χ1n) is 5.12. The molecule has 1 aliphatic rings. The van der Waals surface area contributed by atoms with E-state index in [1.807, 2.05) is 12.1 Å². The molecule has 1 heterocycles. The van der Waals surface area contributed by atoms with Gasteiger partial charge in [-0.2, -0.15) is 0 Å². The molecule has 82 valence electrons. The highest BCUT2D eigenvalue weighted by Gasteiger charge is 2.28. The average Bonchev–Trinajstić information content (AvgIpc) is 3.00. The lowest BCUT2D eigenvalue weighted by molar-refractivity contribution is -0.383. The lowest BCUT2D eigenvalue weighted by atomic mass is 10.2. The number of aromatic nitrogens is 1. The normalized spacial score (nSPS) is 15.6. The highest BCUT2D eigenvalue weighted by molar-refractivity contribution is 14.1. The highest BCUT2D eigenvalue weighted by Crippen LogP contribution is 2.41. The van der Waals surface area contributed by atoms with Crippen LogP contribution in [0, 0.1) is 13.8 Å². The molecule has 16 heavy (non-hydrogen) atoms. The van der Waals surface area contributed by atoms with Crippen molar-refractivity contribution in [1.29, 1.82) is 0 Å². The van der Waals surface area contributed by atoms with Gasteiger partial charge >= 0.3 is 0 Å². The average molecular weight is 328 g/mol. The molecule has 0 saturated heterocycles. The first kappa shape index (κ1) is 10.1. The number of halogens is 1. The van der Waals surface area contributed by atoms with Gasteiger partial charge in [0.05, 0.1) is 19.5 Å². The number of nitro benzene ring substituents is 1. The first-order valence-corrected chi connectivity index (χ1v) is 6.20. The van der Waals surface area contributed by atoms with Gasteiger partial charge in [-0.25, -0.2) is 0 Å². The molecule has 0 aliphatic heterocycles. The highest BCUT2D eigenvalue weighted by atomic mass is 127. The molecule has 1 aromatic carbocycles. The molecule has 1 saturated carbocycles. The summed E-state index contributed by atoms with van der Waals surface area (Å²) in [6.07, 6.45) is 2.37. The Balaban J connectivity index is 2.33.